The van der Waals surface area contributed by atoms with Crippen LogP contribution in [0.1, 0.15) is 36.0 Å². The second-order valence-corrected chi connectivity index (χ2v) is 5.43. The minimum atomic E-state index is -0.0579. The second kappa shape index (κ2) is 4.79. The normalized spacial score (nSPS) is 19.8. The highest BCUT2D eigenvalue weighted by atomic mass is 16.5. The maximum absolute atomic E-state index is 6.33. The van der Waals surface area contributed by atoms with Crippen LogP contribution in [0.2, 0.25) is 0 Å². The summed E-state index contributed by atoms with van der Waals surface area (Å²) in [5, 5.41) is 0. The van der Waals surface area contributed by atoms with Gasteiger partial charge >= 0.3 is 0 Å². The van der Waals surface area contributed by atoms with Crippen molar-refractivity contribution in [3.63, 3.8) is 0 Å². The van der Waals surface area contributed by atoms with Crippen LogP contribution in [-0.4, -0.2) is 18.8 Å². The lowest BCUT2D eigenvalue weighted by atomic mass is 9.73. The van der Waals surface area contributed by atoms with Gasteiger partial charge < -0.3 is 10.5 Å². The Hall–Kier alpha value is -0.860. The molecule has 0 spiro atoms. The van der Waals surface area contributed by atoms with Crippen LogP contribution in [0.15, 0.2) is 18.2 Å². The van der Waals surface area contributed by atoms with E-state index in [0.29, 0.717) is 0 Å². The number of hydrogen-bond donors (Lipinski definition) is 1. The number of aryl methyl sites for hydroxylation is 2. The molecule has 1 fully saturated rings. The van der Waals surface area contributed by atoms with E-state index in [0.717, 1.165) is 19.3 Å². The zero-order valence-electron chi connectivity index (χ0n) is 11.1. The fourth-order valence-corrected chi connectivity index (χ4v) is 2.88. The molecule has 94 valence electrons. The van der Waals surface area contributed by atoms with Crippen molar-refractivity contribution in [2.24, 2.45) is 5.73 Å². The molecular weight excluding hydrogens is 210 g/mol. The van der Waals surface area contributed by atoms with Gasteiger partial charge in [0.2, 0.25) is 0 Å². The van der Waals surface area contributed by atoms with Crippen molar-refractivity contribution in [2.75, 3.05) is 7.11 Å². The van der Waals surface area contributed by atoms with Crippen molar-refractivity contribution >= 4 is 0 Å². The Labute approximate surface area is 104 Å². The molecule has 0 radical (unpaired) electrons. The Morgan fingerprint density at radius 2 is 1.82 bits per heavy atom. The van der Waals surface area contributed by atoms with Gasteiger partial charge in [-0.3, -0.25) is 0 Å². The summed E-state index contributed by atoms with van der Waals surface area (Å²) in [4.78, 5) is 0. The maximum atomic E-state index is 6.33. The summed E-state index contributed by atoms with van der Waals surface area (Å²) in [6.07, 6.45) is 4.37. The quantitative estimate of drug-likeness (QED) is 0.868. The van der Waals surface area contributed by atoms with E-state index in [1.807, 2.05) is 0 Å². The van der Waals surface area contributed by atoms with Crippen molar-refractivity contribution in [1.29, 1.82) is 0 Å². The van der Waals surface area contributed by atoms with Crippen LogP contribution in [0.3, 0.4) is 0 Å². The van der Waals surface area contributed by atoms with Crippen LogP contribution < -0.4 is 5.73 Å². The molecule has 0 amide bonds. The van der Waals surface area contributed by atoms with Gasteiger partial charge in [0.1, 0.15) is 0 Å². The molecule has 2 heteroatoms. The Morgan fingerprint density at radius 1 is 1.24 bits per heavy atom. The first-order valence-corrected chi connectivity index (χ1v) is 6.44. The van der Waals surface area contributed by atoms with Crippen molar-refractivity contribution < 1.29 is 4.74 Å². The highest BCUT2D eigenvalue weighted by Crippen LogP contribution is 2.38. The number of ether oxygens (including phenoxy) is 1. The largest absolute Gasteiger partial charge is 0.377 e. The summed E-state index contributed by atoms with van der Waals surface area (Å²) in [6, 6.07) is 6.77. The minimum absolute atomic E-state index is 0.0579. The third-order valence-corrected chi connectivity index (χ3v) is 4.02. The summed E-state index contributed by atoms with van der Waals surface area (Å²) in [7, 11) is 1.79. The highest BCUT2D eigenvalue weighted by molar-refractivity contribution is 5.29. The lowest BCUT2D eigenvalue weighted by Crippen LogP contribution is -2.55. The molecule has 1 saturated carbocycles. The molecule has 1 aromatic carbocycles. The summed E-state index contributed by atoms with van der Waals surface area (Å²) >= 11 is 0. The predicted octanol–water partition coefficient (Wildman–Crippen LogP) is 2.74. The first-order valence-electron chi connectivity index (χ1n) is 6.44. The van der Waals surface area contributed by atoms with Gasteiger partial charge in [-0.1, -0.05) is 29.3 Å². The molecular formula is C15H23NO. The SMILES string of the molecule is COC1(C(N)Cc2cc(C)cc(C)c2)CCC1. The summed E-state index contributed by atoms with van der Waals surface area (Å²) in [5.74, 6) is 0. The molecule has 0 saturated heterocycles. The molecule has 0 heterocycles. The van der Waals surface area contributed by atoms with Crippen LogP contribution in [0.4, 0.5) is 0 Å². The van der Waals surface area contributed by atoms with Crippen molar-refractivity contribution in [2.45, 2.75) is 51.2 Å². The van der Waals surface area contributed by atoms with Crippen LogP contribution in [-0.2, 0) is 11.2 Å². The van der Waals surface area contributed by atoms with Gasteiger partial charge in [0.25, 0.3) is 0 Å². The number of benzene rings is 1. The number of nitrogens with two attached hydrogens (primary N) is 1. The zero-order chi connectivity index (χ0) is 12.5. The first kappa shape index (κ1) is 12.6. The Kier molecular flexibility index (Phi) is 3.55. The molecule has 1 unspecified atom stereocenters. The van der Waals surface area contributed by atoms with Gasteiger partial charge in [-0.05, 0) is 45.1 Å². The predicted molar refractivity (Wildman–Crippen MR) is 71.2 cm³/mol. The van der Waals surface area contributed by atoms with E-state index in [-0.39, 0.29) is 11.6 Å². The van der Waals surface area contributed by atoms with E-state index in [9.17, 15) is 0 Å². The van der Waals surface area contributed by atoms with E-state index >= 15 is 0 Å². The topological polar surface area (TPSA) is 35.2 Å². The first-order chi connectivity index (χ1) is 8.05. The average Bonchev–Trinajstić information content (AvgIpc) is 2.14. The fourth-order valence-electron chi connectivity index (χ4n) is 2.88. The highest BCUT2D eigenvalue weighted by Gasteiger charge is 2.42. The van der Waals surface area contributed by atoms with Crippen LogP contribution in [0.5, 0.6) is 0 Å². The molecule has 2 nitrogen and oxygen atoms in total. The number of methoxy groups -OCH3 is 1. The number of rotatable bonds is 4. The van der Waals surface area contributed by atoms with E-state index in [2.05, 4.69) is 32.0 Å². The van der Waals surface area contributed by atoms with Gasteiger partial charge in [0.15, 0.2) is 0 Å². The van der Waals surface area contributed by atoms with Gasteiger partial charge in [-0.15, -0.1) is 0 Å². The number of hydrogen-bond acceptors (Lipinski definition) is 2. The van der Waals surface area contributed by atoms with Gasteiger partial charge in [0, 0.05) is 13.2 Å². The minimum Gasteiger partial charge on any atom is -0.377 e. The summed E-state index contributed by atoms with van der Waals surface area (Å²) in [5.41, 5.74) is 10.2. The lowest BCUT2D eigenvalue weighted by Gasteiger charge is -2.45. The van der Waals surface area contributed by atoms with Crippen molar-refractivity contribution in [3.8, 4) is 0 Å². The lowest BCUT2D eigenvalue weighted by molar-refractivity contribution is -0.0897. The monoisotopic (exact) mass is 233 g/mol. The molecule has 0 aliphatic heterocycles. The van der Waals surface area contributed by atoms with E-state index in [1.165, 1.54) is 23.1 Å². The van der Waals surface area contributed by atoms with E-state index in [1.54, 1.807) is 7.11 Å². The van der Waals surface area contributed by atoms with Crippen LogP contribution >= 0.6 is 0 Å². The van der Waals surface area contributed by atoms with Crippen LogP contribution in [0, 0.1) is 13.8 Å². The molecule has 0 aromatic heterocycles. The molecule has 2 rings (SSSR count). The zero-order valence-corrected chi connectivity index (χ0v) is 11.1. The van der Waals surface area contributed by atoms with Crippen LogP contribution in [0.25, 0.3) is 0 Å². The molecule has 1 aliphatic carbocycles. The molecule has 1 aromatic rings. The van der Waals surface area contributed by atoms with Crippen molar-refractivity contribution in [1.82, 2.24) is 0 Å². The third-order valence-electron chi connectivity index (χ3n) is 4.02. The van der Waals surface area contributed by atoms with Crippen molar-refractivity contribution in [3.05, 3.63) is 34.9 Å². The Balaban J connectivity index is 2.09. The second-order valence-electron chi connectivity index (χ2n) is 5.43. The van der Waals surface area contributed by atoms with E-state index < -0.39 is 0 Å². The van der Waals surface area contributed by atoms with E-state index in [4.69, 9.17) is 10.5 Å². The molecule has 1 atom stereocenters. The fraction of sp³-hybridized carbons (Fsp3) is 0.600. The van der Waals surface area contributed by atoms with Gasteiger partial charge in [-0.25, -0.2) is 0 Å². The Bertz CT molecular complexity index is 370. The standard InChI is InChI=1S/C15H23NO/c1-11-7-12(2)9-13(8-11)10-14(16)15(17-3)5-4-6-15/h7-9,14H,4-6,10,16H2,1-3H3. The maximum Gasteiger partial charge on any atom is 0.0832 e. The molecule has 1 aliphatic rings. The molecule has 17 heavy (non-hydrogen) atoms. The van der Waals surface area contributed by atoms with Gasteiger partial charge in [-0.2, -0.15) is 0 Å². The third kappa shape index (κ3) is 2.53. The van der Waals surface area contributed by atoms with Gasteiger partial charge in [0.05, 0.1) is 5.60 Å². The Morgan fingerprint density at radius 3 is 2.24 bits per heavy atom. The summed E-state index contributed by atoms with van der Waals surface area (Å²) in [6.45, 7) is 4.27. The molecule has 2 N–H and O–H groups in total. The average molecular weight is 233 g/mol. The summed E-state index contributed by atoms with van der Waals surface area (Å²) < 4.78 is 5.64. The smallest absolute Gasteiger partial charge is 0.0832 e. The molecule has 0 bridgehead atoms.